The van der Waals surface area contributed by atoms with Gasteiger partial charge < -0.3 is 14.5 Å². The number of hydrazine groups is 1. The number of morpholine rings is 1. The number of carbonyl (C=O) groups excluding carboxylic acids is 3. The minimum Gasteiger partial charge on any atom is -0.375 e. The van der Waals surface area contributed by atoms with Crippen LogP contribution in [0.1, 0.15) is 19.8 Å². The van der Waals surface area contributed by atoms with Crippen molar-refractivity contribution in [3.05, 3.63) is 0 Å². The summed E-state index contributed by atoms with van der Waals surface area (Å²) in [6, 6.07) is -1.36. The topological polar surface area (TPSA) is 103 Å². The Hall–Kier alpha value is -1.64. The van der Waals surface area contributed by atoms with Crippen LogP contribution in [0.5, 0.6) is 0 Å². The molecule has 24 heavy (non-hydrogen) atoms. The summed E-state index contributed by atoms with van der Waals surface area (Å²) in [7, 11) is 2.05. The standard InChI is InChI=1S/C13H22N5O5P/c1-8-6-16(4-5-22-8)12(20)15-14-11(19)10-3-2-9-7-17(10)13(21)18(9)23-24/h8-10H,2-7,24H2,1H3,(H,14,19)(H,15,20)/t8?,9?,10-/m0/s1. The molecule has 5 amide bonds. The summed E-state index contributed by atoms with van der Waals surface area (Å²) in [4.78, 5) is 39.7. The third kappa shape index (κ3) is 3.26. The Morgan fingerprint density at radius 1 is 1.29 bits per heavy atom. The Morgan fingerprint density at radius 3 is 2.79 bits per heavy atom. The molecule has 2 bridgehead atoms. The van der Waals surface area contributed by atoms with Gasteiger partial charge in [0.05, 0.1) is 18.8 Å². The van der Waals surface area contributed by atoms with Crippen molar-refractivity contribution in [2.75, 3.05) is 26.2 Å². The first-order valence-corrected chi connectivity index (χ1v) is 8.41. The van der Waals surface area contributed by atoms with Crippen LogP contribution in [0.4, 0.5) is 9.59 Å². The average molecular weight is 359 g/mol. The fourth-order valence-electron chi connectivity index (χ4n) is 3.32. The summed E-state index contributed by atoms with van der Waals surface area (Å²) in [5, 5.41) is 1.27. The maximum atomic E-state index is 12.4. The van der Waals surface area contributed by atoms with Crippen LogP contribution in [0.25, 0.3) is 0 Å². The SMILES string of the molecule is CC1CN(C(=O)NNC(=O)[C@@H]2CCC3CN2C(=O)N3OP)CCO1. The zero-order valence-corrected chi connectivity index (χ0v) is 14.6. The van der Waals surface area contributed by atoms with Crippen molar-refractivity contribution in [3.8, 4) is 0 Å². The lowest BCUT2D eigenvalue weighted by molar-refractivity contribution is -0.126. The minimum absolute atomic E-state index is 0.0319. The van der Waals surface area contributed by atoms with E-state index in [0.717, 1.165) is 0 Å². The molecule has 11 heteroatoms. The lowest BCUT2D eigenvalue weighted by Crippen LogP contribution is -2.57. The van der Waals surface area contributed by atoms with Gasteiger partial charge in [-0.1, -0.05) is 0 Å². The first-order valence-electron chi connectivity index (χ1n) is 7.94. The van der Waals surface area contributed by atoms with Crippen molar-refractivity contribution in [1.82, 2.24) is 25.7 Å². The van der Waals surface area contributed by atoms with E-state index < -0.39 is 11.9 Å². The van der Waals surface area contributed by atoms with Crippen molar-refractivity contribution < 1.29 is 23.7 Å². The first kappa shape index (κ1) is 17.2. The van der Waals surface area contributed by atoms with E-state index in [2.05, 4.69) is 20.3 Å². The van der Waals surface area contributed by atoms with Gasteiger partial charge in [0.2, 0.25) is 0 Å². The molecule has 134 valence electrons. The molecule has 0 aromatic carbocycles. The van der Waals surface area contributed by atoms with E-state index in [4.69, 9.17) is 9.36 Å². The minimum atomic E-state index is -0.609. The molecular formula is C13H22N5O5P. The molecule has 3 fully saturated rings. The molecule has 3 aliphatic rings. The summed E-state index contributed by atoms with van der Waals surface area (Å²) in [5.74, 6) is -0.401. The number of piperidine rings is 1. The molecule has 3 heterocycles. The molecular weight excluding hydrogens is 337 g/mol. The molecule has 0 spiro atoms. The number of ether oxygens (including phenoxy) is 1. The van der Waals surface area contributed by atoms with Crippen molar-refractivity contribution in [2.24, 2.45) is 0 Å². The number of hydrogen-bond donors (Lipinski definition) is 2. The molecule has 4 atom stereocenters. The summed E-state index contributed by atoms with van der Waals surface area (Å²) >= 11 is 0. The van der Waals surface area contributed by atoms with E-state index >= 15 is 0 Å². The van der Waals surface area contributed by atoms with Crippen LogP contribution >= 0.6 is 9.47 Å². The number of rotatable bonds is 2. The molecule has 3 aliphatic heterocycles. The zero-order chi connectivity index (χ0) is 17.3. The van der Waals surface area contributed by atoms with Gasteiger partial charge in [-0.25, -0.2) is 15.0 Å². The molecule has 0 aromatic rings. The number of fused-ring (bicyclic) bond motifs is 2. The molecule has 0 saturated carbocycles. The average Bonchev–Trinajstić information content (AvgIpc) is 2.83. The van der Waals surface area contributed by atoms with E-state index in [1.807, 2.05) is 6.92 Å². The fraction of sp³-hybridized carbons (Fsp3) is 0.769. The van der Waals surface area contributed by atoms with Crippen LogP contribution in [-0.2, 0) is 14.2 Å². The van der Waals surface area contributed by atoms with Gasteiger partial charge >= 0.3 is 12.1 Å². The Morgan fingerprint density at radius 2 is 2.08 bits per heavy atom. The molecule has 3 rings (SSSR count). The predicted octanol–water partition coefficient (Wildman–Crippen LogP) is -0.562. The second kappa shape index (κ2) is 7.08. The Labute approximate surface area is 142 Å². The molecule has 3 unspecified atom stereocenters. The third-order valence-electron chi connectivity index (χ3n) is 4.56. The lowest BCUT2D eigenvalue weighted by atomic mass is 10.0. The van der Waals surface area contributed by atoms with Crippen molar-refractivity contribution in [3.63, 3.8) is 0 Å². The van der Waals surface area contributed by atoms with Crippen LogP contribution in [0.3, 0.4) is 0 Å². The third-order valence-corrected chi connectivity index (χ3v) is 4.79. The van der Waals surface area contributed by atoms with E-state index in [9.17, 15) is 14.4 Å². The van der Waals surface area contributed by atoms with Gasteiger partial charge in [-0.05, 0) is 19.8 Å². The molecule has 0 radical (unpaired) electrons. The highest BCUT2D eigenvalue weighted by Gasteiger charge is 2.47. The van der Waals surface area contributed by atoms with Gasteiger partial charge in [-0.3, -0.25) is 14.8 Å². The van der Waals surface area contributed by atoms with Gasteiger partial charge in [0.25, 0.3) is 5.91 Å². The smallest absolute Gasteiger partial charge is 0.345 e. The molecule has 10 nitrogen and oxygen atoms in total. The van der Waals surface area contributed by atoms with E-state index in [1.165, 1.54) is 9.96 Å². The van der Waals surface area contributed by atoms with Crippen molar-refractivity contribution in [2.45, 2.75) is 38.0 Å². The van der Waals surface area contributed by atoms with Crippen molar-refractivity contribution >= 4 is 27.4 Å². The number of amides is 5. The van der Waals surface area contributed by atoms with Crippen LogP contribution in [0, 0.1) is 0 Å². The summed E-state index contributed by atoms with van der Waals surface area (Å²) in [6.07, 6.45) is 1.16. The Balaban J connectivity index is 1.52. The van der Waals surface area contributed by atoms with Gasteiger partial charge in [0.15, 0.2) is 0 Å². The lowest BCUT2D eigenvalue weighted by Gasteiger charge is -2.32. The molecule has 0 aliphatic carbocycles. The van der Waals surface area contributed by atoms with E-state index in [0.29, 0.717) is 39.1 Å². The highest BCUT2D eigenvalue weighted by atomic mass is 31.0. The van der Waals surface area contributed by atoms with Crippen molar-refractivity contribution in [1.29, 1.82) is 0 Å². The Bertz CT molecular complexity index is 535. The highest BCUT2D eigenvalue weighted by molar-refractivity contribution is 7.09. The summed E-state index contributed by atoms with van der Waals surface area (Å²) in [5.41, 5.74) is 4.83. The van der Waals surface area contributed by atoms with Gasteiger partial charge in [0, 0.05) is 29.1 Å². The number of hydrogen-bond acceptors (Lipinski definition) is 5. The normalized spacial score (nSPS) is 29.7. The number of nitrogens with one attached hydrogen (secondary N) is 2. The maximum Gasteiger partial charge on any atom is 0.345 e. The van der Waals surface area contributed by atoms with Crippen LogP contribution < -0.4 is 10.9 Å². The second-order valence-corrected chi connectivity index (χ2v) is 6.37. The van der Waals surface area contributed by atoms with Gasteiger partial charge in [-0.15, -0.1) is 0 Å². The van der Waals surface area contributed by atoms with E-state index in [1.54, 1.807) is 4.90 Å². The van der Waals surface area contributed by atoms with Crippen LogP contribution in [0.15, 0.2) is 0 Å². The number of hydroxylamine groups is 2. The van der Waals surface area contributed by atoms with Gasteiger partial charge in [0.1, 0.15) is 6.04 Å². The van der Waals surface area contributed by atoms with E-state index in [-0.39, 0.29) is 24.2 Å². The largest absolute Gasteiger partial charge is 0.375 e. The fourth-order valence-corrected chi connectivity index (χ4v) is 3.58. The zero-order valence-electron chi connectivity index (χ0n) is 13.4. The summed E-state index contributed by atoms with van der Waals surface area (Å²) in [6.45, 7) is 3.75. The quantitative estimate of drug-likeness (QED) is 0.508. The number of carbonyl (C=O) groups is 3. The molecule has 0 aromatic heterocycles. The monoisotopic (exact) mass is 359 g/mol. The highest BCUT2D eigenvalue weighted by Crippen LogP contribution is 2.30. The summed E-state index contributed by atoms with van der Waals surface area (Å²) < 4.78 is 10.4. The van der Waals surface area contributed by atoms with Crippen LogP contribution in [-0.4, -0.2) is 77.3 Å². The molecule has 2 N–H and O–H groups in total. The van der Waals surface area contributed by atoms with Gasteiger partial charge in [-0.2, -0.15) is 5.06 Å². The van der Waals surface area contributed by atoms with Crippen LogP contribution in [0.2, 0.25) is 0 Å². The predicted molar refractivity (Wildman–Crippen MR) is 85.2 cm³/mol. The molecule has 3 saturated heterocycles. The number of urea groups is 2. The maximum absolute atomic E-state index is 12.4. The first-order chi connectivity index (χ1) is 11.5. The number of nitrogens with zero attached hydrogens (tertiary/aromatic N) is 3. The second-order valence-electron chi connectivity index (χ2n) is 6.16. The Kier molecular flexibility index (Phi) is 5.07.